The fourth-order valence-electron chi connectivity index (χ4n) is 2.16. The average Bonchev–Trinajstić information content (AvgIpc) is 3.12. The SMILES string of the molecule is C[C@H](OC(=O)c1ccccc1O)c1nnc(-c2ccc([N+](=O)[O-])cc2)o1. The number of aromatic hydroxyl groups is 1. The Labute approximate surface area is 147 Å². The molecule has 1 aromatic heterocycles. The monoisotopic (exact) mass is 355 g/mol. The first kappa shape index (κ1) is 17.1. The van der Waals surface area contributed by atoms with Crippen LogP contribution in [0.1, 0.15) is 29.3 Å². The van der Waals surface area contributed by atoms with Crippen molar-refractivity contribution in [3.8, 4) is 17.2 Å². The van der Waals surface area contributed by atoms with Gasteiger partial charge in [-0.2, -0.15) is 0 Å². The molecule has 0 fully saturated rings. The average molecular weight is 355 g/mol. The molecule has 3 aromatic rings. The fourth-order valence-corrected chi connectivity index (χ4v) is 2.16. The number of non-ortho nitro benzene ring substituents is 1. The lowest BCUT2D eigenvalue weighted by atomic mass is 10.2. The number of aromatic nitrogens is 2. The molecule has 0 spiro atoms. The number of ether oxygens (including phenoxy) is 1. The third kappa shape index (κ3) is 3.51. The maximum absolute atomic E-state index is 12.1. The van der Waals surface area contributed by atoms with Crippen LogP contribution in [0.5, 0.6) is 5.75 Å². The summed E-state index contributed by atoms with van der Waals surface area (Å²) in [6, 6.07) is 11.6. The van der Waals surface area contributed by atoms with E-state index in [0.717, 1.165) is 0 Å². The lowest BCUT2D eigenvalue weighted by Crippen LogP contribution is -2.09. The van der Waals surface area contributed by atoms with Gasteiger partial charge < -0.3 is 14.3 Å². The summed E-state index contributed by atoms with van der Waals surface area (Å²) < 4.78 is 10.7. The number of phenolic OH excluding ortho intramolecular Hbond substituents is 1. The Morgan fingerprint density at radius 2 is 1.88 bits per heavy atom. The number of phenols is 1. The van der Waals surface area contributed by atoms with Gasteiger partial charge in [0.1, 0.15) is 11.3 Å². The molecule has 0 aliphatic rings. The number of hydrogen-bond acceptors (Lipinski definition) is 8. The van der Waals surface area contributed by atoms with Crippen LogP contribution in [0.15, 0.2) is 52.9 Å². The first-order valence-electron chi connectivity index (χ1n) is 7.53. The van der Waals surface area contributed by atoms with Gasteiger partial charge in [0, 0.05) is 17.7 Å². The Hall–Kier alpha value is -3.75. The number of rotatable bonds is 5. The van der Waals surface area contributed by atoms with Crippen LogP contribution >= 0.6 is 0 Å². The van der Waals surface area contributed by atoms with E-state index >= 15 is 0 Å². The minimum atomic E-state index is -0.846. The van der Waals surface area contributed by atoms with Crippen LogP contribution in [0.25, 0.3) is 11.5 Å². The van der Waals surface area contributed by atoms with Crippen molar-refractivity contribution in [1.82, 2.24) is 10.2 Å². The summed E-state index contributed by atoms with van der Waals surface area (Å²) in [7, 11) is 0. The number of carbonyl (C=O) groups excluding carboxylic acids is 1. The normalized spacial score (nSPS) is 11.7. The van der Waals surface area contributed by atoms with E-state index in [1.165, 1.54) is 36.4 Å². The topological polar surface area (TPSA) is 129 Å². The Bertz CT molecular complexity index is 951. The van der Waals surface area contributed by atoms with Crippen molar-refractivity contribution in [3.05, 3.63) is 70.1 Å². The molecule has 1 N–H and O–H groups in total. The predicted octanol–water partition coefficient (Wildman–Crippen LogP) is 3.27. The highest BCUT2D eigenvalue weighted by atomic mass is 16.6. The molecule has 0 bridgehead atoms. The lowest BCUT2D eigenvalue weighted by Gasteiger charge is -2.10. The molecular formula is C17H13N3O6. The van der Waals surface area contributed by atoms with Gasteiger partial charge in [-0.25, -0.2) is 4.79 Å². The molecule has 3 rings (SSSR count). The third-order valence-electron chi connectivity index (χ3n) is 3.52. The van der Waals surface area contributed by atoms with E-state index in [1.54, 1.807) is 19.1 Å². The molecule has 0 amide bonds. The smallest absolute Gasteiger partial charge is 0.342 e. The van der Waals surface area contributed by atoms with Crippen molar-refractivity contribution in [3.63, 3.8) is 0 Å². The van der Waals surface area contributed by atoms with Crippen LogP contribution < -0.4 is 0 Å². The number of nitro benzene ring substituents is 1. The van der Waals surface area contributed by atoms with E-state index < -0.39 is 17.0 Å². The number of esters is 1. The highest BCUT2D eigenvalue weighted by molar-refractivity contribution is 5.92. The van der Waals surface area contributed by atoms with Crippen LogP contribution in [0.4, 0.5) is 5.69 Å². The summed E-state index contributed by atoms with van der Waals surface area (Å²) in [6.07, 6.45) is -0.846. The minimum absolute atomic E-state index is 0.0226. The Morgan fingerprint density at radius 1 is 1.19 bits per heavy atom. The molecule has 0 saturated heterocycles. The molecule has 0 unspecified atom stereocenters. The number of nitro groups is 1. The molecule has 9 nitrogen and oxygen atoms in total. The summed E-state index contributed by atoms with van der Waals surface area (Å²) >= 11 is 0. The number of hydrogen-bond donors (Lipinski definition) is 1. The van der Waals surface area contributed by atoms with Gasteiger partial charge in [0.2, 0.25) is 5.89 Å². The maximum Gasteiger partial charge on any atom is 0.342 e. The third-order valence-corrected chi connectivity index (χ3v) is 3.52. The van der Waals surface area contributed by atoms with Crippen molar-refractivity contribution in [2.75, 3.05) is 0 Å². The Kier molecular flexibility index (Phi) is 4.61. The molecule has 0 aliphatic carbocycles. The Morgan fingerprint density at radius 3 is 2.54 bits per heavy atom. The van der Waals surface area contributed by atoms with Gasteiger partial charge in [0.05, 0.1) is 4.92 Å². The van der Waals surface area contributed by atoms with E-state index in [1.807, 2.05) is 0 Å². The fraction of sp³-hybridized carbons (Fsp3) is 0.118. The van der Waals surface area contributed by atoms with Crippen molar-refractivity contribution >= 4 is 11.7 Å². The largest absolute Gasteiger partial charge is 0.507 e. The minimum Gasteiger partial charge on any atom is -0.507 e. The zero-order valence-electron chi connectivity index (χ0n) is 13.5. The van der Waals surface area contributed by atoms with E-state index in [-0.39, 0.29) is 28.8 Å². The van der Waals surface area contributed by atoms with Crippen molar-refractivity contribution in [2.45, 2.75) is 13.0 Å². The van der Waals surface area contributed by atoms with E-state index in [9.17, 15) is 20.0 Å². The molecule has 26 heavy (non-hydrogen) atoms. The van der Waals surface area contributed by atoms with Gasteiger partial charge in [-0.1, -0.05) is 12.1 Å². The standard InChI is InChI=1S/C17H13N3O6/c1-10(25-17(22)13-4-2-3-5-14(13)21)15-18-19-16(26-15)11-6-8-12(9-7-11)20(23)24/h2-10,21H,1H3/t10-/m0/s1. The zero-order chi connectivity index (χ0) is 18.7. The van der Waals surface area contributed by atoms with Crippen molar-refractivity contribution in [1.29, 1.82) is 0 Å². The molecule has 0 saturated carbocycles. The molecule has 132 valence electrons. The second kappa shape index (κ2) is 7.01. The van der Waals surface area contributed by atoms with Crippen LogP contribution in [0.3, 0.4) is 0 Å². The summed E-state index contributed by atoms with van der Waals surface area (Å²) in [6.45, 7) is 1.55. The summed E-state index contributed by atoms with van der Waals surface area (Å²) in [5.41, 5.74) is 0.460. The highest BCUT2D eigenvalue weighted by Gasteiger charge is 2.21. The van der Waals surface area contributed by atoms with Crippen molar-refractivity contribution < 1.29 is 24.0 Å². The van der Waals surface area contributed by atoms with Crippen LogP contribution in [0, 0.1) is 10.1 Å². The van der Waals surface area contributed by atoms with Gasteiger partial charge >= 0.3 is 5.97 Å². The number of nitrogens with zero attached hydrogens (tertiary/aromatic N) is 3. The van der Waals surface area contributed by atoms with E-state index in [0.29, 0.717) is 5.56 Å². The molecular weight excluding hydrogens is 342 g/mol. The molecule has 9 heteroatoms. The summed E-state index contributed by atoms with van der Waals surface area (Å²) in [4.78, 5) is 22.3. The van der Waals surface area contributed by atoms with Crippen molar-refractivity contribution in [2.24, 2.45) is 0 Å². The second-order valence-corrected chi connectivity index (χ2v) is 5.31. The van der Waals surface area contributed by atoms with E-state index in [4.69, 9.17) is 9.15 Å². The maximum atomic E-state index is 12.1. The first-order chi connectivity index (χ1) is 12.5. The van der Waals surface area contributed by atoms with E-state index in [2.05, 4.69) is 10.2 Å². The second-order valence-electron chi connectivity index (χ2n) is 5.31. The molecule has 0 aliphatic heterocycles. The molecule has 1 heterocycles. The van der Waals surface area contributed by atoms with Gasteiger partial charge in [-0.3, -0.25) is 10.1 Å². The number of carbonyl (C=O) groups is 1. The highest BCUT2D eigenvalue weighted by Crippen LogP contribution is 2.26. The summed E-state index contributed by atoms with van der Waals surface area (Å²) in [5, 5.41) is 28.0. The van der Waals surface area contributed by atoms with Crippen LogP contribution in [-0.2, 0) is 4.74 Å². The first-order valence-corrected chi connectivity index (χ1v) is 7.53. The van der Waals surface area contributed by atoms with Gasteiger partial charge in [-0.15, -0.1) is 10.2 Å². The number of benzene rings is 2. The molecule has 2 aromatic carbocycles. The molecule has 1 atom stereocenters. The molecule has 0 radical (unpaired) electrons. The zero-order valence-corrected chi connectivity index (χ0v) is 13.5. The Balaban J connectivity index is 1.73. The quantitative estimate of drug-likeness (QED) is 0.419. The van der Waals surface area contributed by atoms with Crippen LogP contribution in [0.2, 0.25) is 0 Å². The van der Waals surface area contributed by atoms with Gasteiger partial charge in [0.15, 0.2) is 6.10 Å². The summed E-state index contributed by atoms with van der Waals surface area (Å²) in [5.74, 6) is -0.727. The van der Waals surface area contributed by atoms with Gasteiger partial charge in [-0.05, 0) is 31.2 Å². The number of para-hydroxylation sites is 1. The van der Waals surface area contributed by atoms with Crippen LogP contribution in [-0.4, -0.2) is 26.2 Å². The lowest BCUT2D eigenvalue weighted by molar-refractivity contribution is -0.384. The van der Waals surface area contributed by atoms with Gasteiger partial charge in [0.25, 0.3) is 11.6 Å². The predicted molar refractivity (Wildman–Crippen MR) is 88.3 cm³/mol.